The van der Waals surface area contributed by atoms with Crippen LogP contribution in [-0.2, 0) is 15.0 Å². The summed E-state index contributed by atoms with van der Waals surface area (Å²) >= 11 is 0. The lowest BCUT2D eigenvalue weighted by molar-refractivity contribution is -0.120. The molecule has 0 spiro atoms. The van der Waals surface area contributed by atoms with Crippen molar-refractivity contribution in [3.63, 3.8) is 0 Å². The van der Waals surface area contributed by atoms with Crippen LogP contribution in [0.4, 0.5) is 5.69 Å². The summed E-state index contributed by atoms with van der Waals surface area (Å²) < 4.78 is 33.4. The number of hydrogen-bond acceptors (Lipinski definition) is 4. The molecule has 0 saturated carbocycles. The number of carbonyl (C=O) groups excluding carboxylic acids is 1. The smallest absolute Gasteiger partial charge is 0.304 e. The molecule has 8 heteroatoms. The fourth-order valence-electron chi connectivity index (χ4n) is 3.40. The molecule has 0 bridgehead atoms. The number of carbonyl (C=O) groups is 1. The molecule has 0 aliphatic heterocycles. The molecular weight excluding hydrogens is 414 g/mol. The predicted molar refractivity (Wildman–Crippen MR) is 125 cm³/mol. The van der Waals surface area contributed by atoms with Crippen molar-refractivity contribution >= 4 is 21.8 Å². The number of aryl methyl sites for hydroxylation is 1. The van der Waals surface area contributed by atoms with Crippen molar-refractivity contribution in [2.75, 3.05) is 32.1 Å². The van der Waals surface area contributed by atoms with Crippen molar-refractivity contribution < 1.29 is 17.9 Å². The van der Waals surface area contributed by atoms with Crippen LogP contribution in [0.1, 0.15) is 49.4 Å². The van der Waals surface area contributed by atoms with Crippen molar-refractivity contribution in [2.24, 2.45) is 0 Å². The number of methoxy groups -OCH3 is 1. The molecule has 7 nitrogen and oxygen atoms in total. The fraction of sp³-hybridized carbons (Fsp3) is 0.435. The predicted octanol–water partition coefficient (Wildman–Crippen LogP) is 3.62. The van der Waals surface area contributed by atoms with Gasteiger partial charge in [0.15, 0.2) is 0 Å². The van der Waals surface area contributed by atoms with Crippen LogP contribution in [0.3, 0.4) is 0 Å². The van der Waals surface area contributed by atoms with Crippen LogP contribution in [0.2, 0.25) is 0 Å². The maximum atomic E-state index is 12.9. The lowest BCUT2D eigenvalue weighted by Crippen LogP contribution is -2.46. The number of nitrogens with zero attached hydrogens (tertiary/aromatic N) is 2. The highest BCUT2D eigenvalue weighted by molar-refractivity contribution is 7.90. The van der Waals surface area contributed by atoms with Crippen LogP contribution < -0.4 is 14.4 Å². The number of amides is 1. The molecule has 0 radical (unpaired) electrons. The summed E-state index contributed by atoms with van der Waals surface area (Å²) in [5.41, 5.74) is 3.46. The standard InChI is InChI=1S/C23H33N3O4S/c1-16(2)20-14-21(17(3)13-22(20)30-7)18(4)24-23(27)15-26(31(28,29)25(5)6)19-11-9-8-10-12-19/h8-14,16,18H,15H2,1-7H3,(H,24,27). The molecule has 1 unspecified atom stereocenters. The Hall–Kier alpha value is -2.58. The van der Waals surface area contributed by atoms with Crippen molar-refractivity contribution in [3.05, 3.63) is 59.2 Å². The number of para-hydroxylation sites is 1. The minimum Gasteiger partial charge on any atom is -0.496 e. The van der Waals surface area contributed by atoms with Gasteiger partial charge in [0.1, 0.15) is 12.3 Å². The first-order valence-electron chi connectivity index (χ1n) is 10.2. The molecule has 0 aliphatic carbocycles. The number of rotatable bonds is 9. The molecule has 2 aromatic carbocycles. The van der Waals surface area contributed by atoms with Crippen LogP contribution in [0.25, 0.3) is 0 Å². The van der Waals surface area contributed by atoms with Crippen molar-refractivity contribution in [1.29, 1.82) is 0 Å². The van der Waals surface area contributed by atoms with Crippen LogP contribution in [-0.4, -0.2) is 46.4 Å². The topological polar surface area (TPSA) is 79.0 Å². The van der Waals surface area contributed by atoms with Gasteiger partial charge in [-0.2, -0.15) is 12.7 Å². The van der Waals surface area contributed by atoms with E-state index in [1.807, 2.05) is 19.9 Å². The third kappa shape index (κ3) is 5.77. The Morgan fingerprint density at radius 1 is 1.06 bits per heavy atom. The maximum Gasteiger partial charge on any atom is 0.304 e. The third-order valence-electron chi connectivity index (χ3n) is 5.16. The van der Waals surface area contributed by atoms with E-state index in [0.717, 1.165) is 31.1 Å². The summed E-state index contributed by atoms with van der Waals surface area (Å²) in [6, 6.07) is 12.3. The molecule has 31 heavy (non-hydrogen) atoms. The molecule has 1 atom stereocenters. The molecule has 0 fully saturated rings. The summed E-state index contributed by atoms with van der Waals surface area (Å²) in [4.78, 5) is 12.9. The molecule has 170 valence electrons. The minimum atomic E-state index is -3.83. The highest BCUT2D eigenvalue weighted by Crippen LogP contribution is 2.32. The number of nitrogens with one attached hydrogen (secondary N) is 1. The van der Waals surface area contributed by atoms with Crippen LogP contribution in [0, 0.1) is 6.92 Å². The Labute approximate surface area is 186 Å². The van der Waals surface area contributed by atoms with E-state index in [9.17, 15) is 13.2 Å². The van der Waals surface area contributed by atoms with E-state index < -0.39 is 10.2 Å². The van der Waals surface area contributed by atoms with Crippen LogP contribution in [0.5, 0.6) is 5.75 Å². The van der Waals surface area contributed by atoms with E-state index in [1.165, 1.54) is 14.1 Å². The summed E-state index contributed by atoms with van der Waals surface area (Å²) in [7, 11) is 0.703. The number of anilines is 1. The number of benzene rings is 2. The van der Waals surface area contributed by atoms with Gasteiger partial charge >= 0.3 is 10.2 Å². The second-order valence-electron chi connectivity index (χ2n) is 8.03. The number of hydrogen-bond donors (Lipinski definition) is 1. The maximum absolute atomic E-state index is 12.9. The molecule has 0 aliphatic rings. The van der Waals surface area contributed by atoms with E-state index in [4.69, 9.17) is 4.74 Å². The summed E-state index contributed by atoms with van der Waals surface area (Å²) in [6.45, 7) is 7.72. The zero-order valence-electron chi connectivity index (χ0n) is 19.3. The third-order valence-corrected chi connectivity index (χ3v) is 6.98. The van der Waals surface area contributed by atoms with Crippen molar-refractivity contribution in [3.8, 4) is 5.75 Å². The second-order valence-corrected chi connectivity index (χ2v) is 10.1. The lowest BCUT2D eigenvalue weighted by Gasteiger charge is -2.28. The van der Waals surface area contributed by atoms with E-state index in [0.29, 0.717) is 5.69 Å². The normalized spacial score (nSPS) is 12.7. The van der Waals surface area contributed by atoms with Gasteiger partial charge in [0.2, 0.25) is 5.91 Å². The molecule has 0 saturated heterocycles. The van der Waals surface area contributed by atoms with Crippen LogP contribution >= 0.6 is 0 Å². The molecule has 2 aromatic rings. The zero-order chi connectivity index (χ0) is 23.3. The second kappa shape index (κ2) is 10.2. The average Bonchev–Trinajstić information content (AvgIpc) is 2.71. The Balaban J connectivity index is 2.28. The van der Waals surface area contributed by atoms with Gasteiger partial charge in [-0.15, -0.1) is 0 Å². The fourth-order valence-corrected chi connectivity index (χ4v) is 4.47. The van der Waals surface area contributed by atoms with Crippen LogP contribution in [0.15, 0.2) is 42.5 Å². The Kier molecular flexibility index (Phi) is 8.08. The molecule has 0 aromatic heterocycles. The quantitative estimate of drug-likeness (QED) is 0.637. The number of ether oxygens (including phenoxy) is 1. The van der Waals surface area contributed by atoms with E-state index >= 15 is 0 Å². The van der Waals surface area contributed by atoms with Gasteiger partial charge in [0, 0.05) is 14.1 Å². The molecule has 1 amide bonds. The molecule has 2 rings (SSSR count). The first-order chi connectivity index (χ1) is 14.5. The first-order valence-corrected chi connectivity index (χ1v) is 11.6. The van der Waals surface area contributed by atoms with Gasteiger partial charge in [-0.05, 0) is 60.7 Å². The highest BCUT2D eigenvalue weighted by atomic mass is 32.2. The van der Waals surface area contributed by atoms with Gasteiger partial charge in [0.05, 0.1) is 18.8 Å². The van der Waals surface area contributed by atoms with E-state index in [2.05, 4.69) is 25.2 Å². The first kappa shape index (κ1) is 24.7. The Morgan fingerprint density at radius 2 is 1.68 bits per heavy atom. The van der Waals surface area contributed by atoms with Gasteiger partial charge in [0.25, 0.3) is 0 Å². The zero-order valence-corrected chi connectivity index (χ0v) is 20.2. The summed E-state index contributed by atoms with van der Waals surface area (Å²) in [5, 5.41) is 2.95. The minimum absolute atomic E-state index is 0.260. The Bertz CT molecular complexity index is 1000. The van der Waals surface area contributed by atoms with Gasteiger partial charge in [-0.1, -0.05) is 32.0 Å². The SMILES string of the molecule is COc1cc(C)c(C(C)NC(=O)CN(c2ccccc2)S(=O)(=O)N(C)C)cc1C(C)C. The summed E-state index contributed by atoms with van der Waals surface area (Å²) in [5.74, 6) is 0.696. The lowest BCUT2D eigenvalue weighted by atomic mass is 9.93. The average molecular weight is 448 g/mol. The van der Waals surface area contributed by atoms with E-state index in [-0.39, 0.29) is 24.4 Å². The summed E-state index contributed by atoms with van der Waals surface area (Å²) in [6.07, 6.45) is 0. The monoisotopic (exact) mass is 447 g/mol. The molecule has 0 heterocycles. The Morgan fingerprint density at radius 3 is 2.19 bits per heavy atom. The van der Waals surface area contributed by atoms with Crippen molar-refractivity contribution in [2.45, 2.75) is 39.7 Å². The molecule has 1 N–H and O–H groups in total. The van der Waals surface area contributed by atoms with E-state index in [1.54, 1.807) is 37.4 Å². The highest BCUT2D eigenvalue weighted by Gasteiger charge is 2.28. The largest absolute Gasteiger partial charge is 0.496 e. The van der Waals surface area contributed by atoms with Gasteiger partial charge < -0.3 is 10.1 Å². The van der Waals surface area contributed by atoms with Gasteiger partial charge in [-0.3, -0.25) is 4.79 Å². The van der Waals surface area contributed by atoms with Crippen molar-refractivity contribution in [1.82, 2.24) is 9.62 Å². The van der Waals surface area contributed by atoms with Gasteiger partial charge in [-0.25, -0.2) is 4.31 Å². The molecular formula is C23H33N3O4S.